The molecule has 1 unspecified atom stereocenters. The fourth-order valence-electron chi connectivity index (χ4n) is 3.28. The van der Waals surface area contributed by atoms with Gasteiger partial charge in [0.2, 0.25) is 0 Å². The molecule has 1 aliphatic carbocycles. The first-order valence-corrected chi connectivity index (χ1v) is 8.03. The van der Waals surface area contributed by atoms with E-state index < -0.39 is 0 Å². The molecule has 1 N–H and O–H groups in total. The monoisotopic (exact) mass is 263 g/mol. The van der Waals surface area contributed by atoms with Crippen molar-refractivity contribution in [2.24, 2.45) is 13.0 Å². The summed E-state index contributed by atoms with van der Waals surface area (Å²) in [5.74, 6) is 0.788. The molecule has 1 atom stereocenters. The molecule has 0 aromatic carbocycles. The summed E-state index contributed by atoms with van der Waals surface area (Å²) >= 11 is 0. The van der Waals surface area contributed by atoms with Crippen molar-refractivity contribution in [2.75, 3.05) is 6.54 Å². The van der Waals surface area contributed by atoms with E-state index >= 15 is 0 Å². The lowest BCUT2D eigenvalue weighted by molar-refractivity contribution is 0.288. The van der Waals surface area contributed by atoms with E-state index in [-0.39, 0.29) is 0 Å². The van der Waals surface area contributed by atoms with Crippen molar-refractivity contribution in [3.8, 4) is 0 Å². The van der Waals surface area contributed by atoms with Crippen LogP contribution in [0.4, 0.5) is 0 Å². The zero-order valence-electron chi connectivity index (χ0n) is 12.6. The zero-order valence-corrected chi connectivity index (χ0v) is 12.6. The number of nitrogens with zero attached hydrogens (tertiary/aromatic N) is 2. The van der Waals surface area contributed by atoms with Crippen LogP contribution >= 0.6 is 0 Å². The molecule has 0 amide bonds. The minimum Gasteiger partial charge on any atom is -0.310 e. The maximum absolute atomic E-state index is 4.36. The Labute approximate surface area is 117 Å². The van der Waals surface area contributed by atoms with Gasteiger partial charge >= 0.3 is 0 Å². The summed E-state index contributed by atoms with van der Waals surface area (Å²) in [4.78, 5) is 0. The Morgan fingerprint density at radius 3 is 2.53 bits per heavy atom. The van der Waals surface area contributed by atoms with Crippen molar-refractivity contribution in [1.29, 1.82) is 0 Å². The van der Waals surface area contributed by atoms with Crippen LogP contribution in [0.15, 0.2) is 12.4 Å². The molecule has 1 saturated carbocycles. The van der Waals surface area contributed by atoms with Crippen LogP contribution in [-0.2, 0) is 7.05 Å². The molecule has 3 nitrogen and oxygen atoms in total. The first-order chi connectivity index (χ1) is 9.31. The van der Waals surface area contributed by atoms with Gasteiger partial charge in [-0.25, -0.2) is 0 Å². The van der Waals surface area contributed by atoms with Crippen molar-refractivity contribution in [1.82, 2.24) is 15.1 Å². The Hall–Kier alpha value is -0.830. The van der Waals surface area contributed by atoms with Crippen LogP contribution in [0.5, 0.6) is 0 Å². The molecule has 0 spiro atoms. The SMILES string of the molecule is CCCNC(c1cnn(C)c1)C1CCCCCCC1. The average Bonchev–Trinajstić information content (AvgIpc) is 2.78. The highest BCUT2D eigenvalue weighted by Crippen LogP contribution is 2.32. The van der Waals surface area contributed by atoms with Crippen LogP contribution in [0.2, 0.25) is 0 Å². The second kappa shape index (κ2) is 7.68. The van der Waals surface area contributed by atoms with Gasteiger partial charge in [-0.3, -0.25) is 4.68 Å². The summed E-state index contributed by atoms with van der Waals surface area (Å²) in [6, 6.07) is 0.506. The summed E-state index contributed by atoms with van der Waals surface area (Å²) in [5.41, 5.74) is 1.38. The van der Waals surface area contributed by atoms with Crippen LogP contribution in [0.25, 0.3) is 0 Å². The normalized spacial score (nSPS) is 19.9. The molecular weight excluding hydrogens is 234 g/mol. The predicted molar refractivity (Wildman–Crippen MR) is 80.1 cm³/mol. The molecule has 0 aliphatic heterocycles. The van der Waals surface area contributed by atoms with Gasteiger partial charge in [-0.1, -0.05) is 39.0 Å². The highest BCUT2D eigenvalue weighted by molar-refractivity contribution is 5.12. The smallest absolute Gasteiger partial charge is 0.0537 e. The second-order valence-corrected chi connectivity index (χ2v) is 5.98. The van der Waals surface area contributed by atoms with Crippen LogP contribution in [0.1, 0.15) is 69.9 Å². The standard InChI is InChI=1S/C16H29N3/c1-3-11-17-16(15-12-18-19(2)13-15)14-9-7-5-4-6-8-10-14/h12-14,16-17H,3-11H2,1-2H3. The van der Waals surface area contributed by atoms with Gasteiger partial charge < -0.3 is 5.32 Å². The van der Waals surface area contributed by atoms with E-state index in [1.54, 1.807) is 0 Å². The predicted octanol–water partition coefficient (Wildman–Crippen LogP) is 3.82. The van der Waals surface area contributed by atoms with Gasteiger partial charge in [0.05, 0.1) is 6.20 Å². The Morgan fingerprint density at radius 1 is 1.26 bits per heavy atom. The fourth-order valence-corrected chi connectivity index (χ4v) is 3.28. The highest BCUT2D eigenvalue weighted by atomic mass is 15.2. The fraction of sp³-hybridized carbons (Fsp3) is 0.812. The number of hydrogen-bond donors (Lipinski definition) is 1. The number of rotatable bonds is 5. The lowest BCUT2D eigenvalue weighted by Crippen LogP contribution is -2.29. The van der Waals surface area contributed by atoms with E-state index in [0.717, 1.165) is 12.5 Å². The second-order valence-electron chi connectivity index (χ2n) is 5.98. The first-order valence-electron chi connectivity index (χ1n) is 8.03. The summed E-state index contributed by atoms with van der Waals surface area (Å²) in [5, 5.41) is 8.12. The molecule has 1 heterocycles. The Kier molecular flexibility index (Phi) is 5.90. The highest BCUT2D eigenvalue weighted by Gasteiger charge is 2.24. The van der Waals surface area contributed by atoms with Crippen molar-refractivity contribution < 1.29 is 0 Å². The Bertz CT molecular complexity index is 351. The summed E-state index contributed by atoms with van der Waals surface area (Å²) in [6.07, 6.45) is 15.2. The number of hydrogen-bond acceptors (Lipinski definition) is 2. The average molecular weight is 263 g/mol. The zero-order chi connectivity index (χ0) is 13.5. The Balaban J connectivity index is 2.06. The Morgan fingerprint density at radius 2 is 1.95 bits per heavy atom. The van der Waals surface area contributed by atoms with E-state index in [0.29, 0.717) is 6.04 Å². The molecule has 1 aliphatic rings. The van der Waals surface area contributed by atoms with Crippen molar-refractivity contribution in [3.63, 3.8) is 0 Å². The molecule has 19 heavy (non-hydrogen) atoms. The molecule has 2 rings (SSSR count). The molecule has 0 bridgehead atoms. The van der Waals surface area contributed by atoms with E-state index in [2.05, 4.69) is 23.5 Å². The molecule has 0 radical (unpaired) electrons. The topological polar surface area (TPSA) is 29.9 Å². The molecular formula is C16H29N3. The molecule has 1 fully saturated rings. The van der Waals surface area contributed by atoms with Crippen molar-refractivity contribution in [2.45, 2.75) is 64.3 Å². The van der Waals surface area contributed by atoms with Gasteiger partial charge in [-0.05, 0) is 31.7 Å². The largest absolute Gasteiger partial charge is 0.310 e. The van der Waals surface area contributed by atoms with E-state index in [1.165, 1.54) is 56.9 Å². The molecule has 108 valence electrons. The molecule has 1 aromatic heterocycles. The number of aryl methyl sites for hydroxylation is 1. The van der Waals surface area contributed by atoms with Gasteiger partial charge in [0.1, 0.15) is 0 Å². The van der Waals surface area contributed by atoms with Gasteiger partial charge in [0.15, 0.2) is 0 Å². The van der Waals surface area contributed by atoms with E-state index in [1.807, 2.05) is 17.9 Å². The minimum absolute atomic E-state index is 0.506. The minimum atomic E-state index is 0.506. The van der Waals surface area contributed by atoms with Crippen molar-refractivity contribution in [3.05, 3.63) is 18.0 Å². The van der Waals surface area contributed by atoms with Gasteiger partial charge in [-0.15, -0.1) is 0 Å². The maximum atomic E-state index is 4.36. The van der Waals surface area contributed by atoms with Crippen LogP contribution in [-0.4, -0.2) is 16.3 Å². The lowest BCUT2D eigenvalue weighted by Gasteiger charge is -2.29. The quantitative estimate of drug-likeness (QED) is 0.875. The molecule has 3 heteroatoms. The van der Waals surface area contributed by atoms with Crippen LogP contribution in [0.3, 0.4) is 0 Å². The van der Waals surface area contributed by atoms with Crippen LogP contribution in [0, 0.1) is 5.92 Å². The number of nitrogens with one attached hydrogen (secondary N) is 1. The lowest BCUT2D eigenvalue weighted by atomic mass is 9.83. The molecule has 1 aromatic rings. The maximum Gasteiger partial charge on any atom is 0.0537 e. The summed E-state index contributed by atoms with van der Waals surface area (Å²) in [7, 11) is 2.01. The van der Waals surface area contributed by atoms with Crippen molar-refractivity contribution >= 4 is 0 Å². The van der Waals surface area contributed by atoms with E-state index in [4.69, 9.17) is 0 Å². The summed E-state index contributed by atoms with van der Waals surface area (Å²) in [6.45, 7) is 3.35. The van der Waals surface area contributed by atoms with E-state index in [9.17, 15) is 0 Å². The molecule has 0 saturated heterocycles. The third-order valence-electron chi connectivity index (χ3n) is 4.32. The summed E-state index contributed by atoms with van der Waals surface area (Å²) < 4.78 is 1.93. The van der Waals surface area contributed by atoms with Gasteiger partial charge in [0, 0.05) is 24.8 Å². The third kappa shape index (κ3) is 4.34. The first kappa shape index (κ1) is 14.6. The number of aromatic nitrogens is 2. The van der Waals surface area contributed by atoms with Gasteiger partial charge in [-0.2, -0.15) is 5.10 Å². The third-order valence-corrected chi connectivity index (χ3v) is 4.32. The van der Waals surface area contributed by atoms with Gasteiger partial charge in [0.25, 0.3) is 0 Å². The van der Waals surface area contributed by atoms with Crippen LogP contribution < -0.4 is 5.32 Å².